The molecule has 0 bridgehead atoms. The zero-order valence-electron chi connectivity index (χ0n) is 23.1. The summed E-state index contributed by atoms with van der Waals surface area (Å²) in [6, 6.07) is 46.8. The van der Waals surface area contributed by atoms with Gasteiger partial charge in [-0.2, -0.15) is 0 Å². The highest BCUT2D eigenvalue weighted by Crippen LogP contribution is 2.42. The Hall–Kier alpha value is -5.87. The van der Waals surface area contributed by atoms with Crippen LogP contribution in [0, 0.1) is 0 Å². The summed E-state index contributed by atoms with van der Waals surface area (Å²) < 4.78 is 12.3. The van der Waals surface area contributed by atoms with Gasteiger partial charge in [0.2, 0.25) is 0 Å². The van der Waals surface area contributed by atoms with E-state index in [0.717, 1.165) is 71.7 Å². The lowest BCUT2D eigenvalue weighted by atomic mass is 10.0. The van der Waals surface area contributed by atoms with Gasteiger partial charge in [0.25, 0.3) is 0 Å². The molecule has 3 aromatic heterocycles. The molecule has 43 heavy (non-hydrogen) atoms. The van der Waals surface area contributed by atoms with Crippen LogP contribution in [0.15, 0.2) is 155 Å². The van der Waals surface area contributed by atoms with Crippen LogP contribution in [0.2, 0.25) is 0 Å². The molecule has 9 aromatic rings. The number of rotatable bonds is 4. The van der Waals surface area contributed by atoms with Crippen molar-refractivity contribution in [3.8, 4) is 11.1 Å². The number of aromatic nitrogens is 1. The minimum Gasteiger partial charge on any atom is -0.456 e. The van der Waals surface area contributed by atoms with E-state index in [1.807, 2.05) is 30.5 Å². The van der Waals surface area contributed by atoms with Crippen molar-refractivity contribution < 1.29 is 8.83 Å². The first-order valence-electron chi connectivity index (χ1n) is 14.4. The van der Waals surface area contributed by atoms with Crippen LogP contribution in [0.1, 0.15) is 0 Å². The SMILES string of the molecule is c1ccc(-c2ccc(N(c3ccc4oc5ccccc5c4c3)c3ccc4ccc5oc6cnccc6c5c4c3)cc2)cc1. The van der Waals surface area contributed by atoms with Gasteiger partial charge in [0.1, 0.15) is 16.7 Å². The van der Waals surface area contributed by atoms with Gasteiger partial charge in [-0.3, -0.25) is 4.98 Å². The van der Waals surface area contributed by atoms with Crippen molar-refractivity contribution in [2.45, 2.75) is 0 Å². The van der Waals surface area contributed by atoms with E-state index in [2.05, 4.69) is 119 Å². The number of pyridine rings is 1. The molecule has 0 aliphatic carbocycles. The number of anilines is 3. The van der Waals surface area contributed by atoms with Crippen molar-refractivity contribution in [1.29, 1.82) is 0 Å². The Bertz CT molecular complexity index is 2450. The van der Waals surface area contributed by atoms with E-state index >= 15 is 0 Å². The average Bonchev–Trinajstić information content (AvgIpc) is 3.64. The highest BCUT2D eigenvalue weighted by atomic mass is 16.3. The third-order valence-electron chi connectivity index (χ3n) is 8.35. The summed E-state index contributed by atoms with van der Waals surface area (Å²) in [7, 11) is 0. The lowest BCUT2D eigenvalue weighted by Gasteiger charge is -2.26. The fraction of sp³-hybridized carbons (Fsp3) is 0. The Balaban J connectivity index is 1.28. The van der Waals surface area contributed by atoms with Crippen molar-refractivity contribution >= 4 is 71.7 Å². The predicted octanol–water partition coefficient (Wildman–Crippen LogP) is 11.2. The van der Waals surface area contributed by atoms with Gasteiger partial charge in [0.05, 0.1) is 6.20 Å². The minimum atomic E-state index is 0.793. The molecule has 6 aromatic carbocycles. The first-order valence-corrected chi connectivity index (χ1v) is 14.4. The fourth-order valence-corrected chi connectivity index (χ4v) is 6.31. The van der Waals surface area contributed by atoms with Gasteiger partial charge >= 0.3 is 0 Å². The van der Waals surface area contributed by atoms with Crippen molar-refractivity contribution in [2.75, 3.05) is 4.90 Å². The van der Waals surface area contributed by atoms with Crippen LogP contribution in [0.25, 0.3) is 65.8 Å². The van der Waals surface area contributed by atoms with E-state index in [1.54, 1.807) is 6.20 Å². The normalized spacial score (nSPS) is 11.7. The second kappa shape index (κ2) is 9.33. The molecular weight excluding hydrogens is 528 g/mol. The zero-order chi connectivity index (χ0) is 28.3. The molecule has 0 fully saturated rings. The second-order valence-corrected chi connectivity index (χ2v) is 10.8. The van der Waals surface area contributed by atoms with Crippen LogP contribution in [-0.4, -0.2) is 4.98 Å². The molecule has 3 heterocycles. The maximum atomic E-state index is 6.18. The van der Waals surface area contributed by atoms with Gasteiger partial charge in [0.15, 0.2) is 5.58 Å². The topological polar surface area (TPSA) is 42.4 Å². The number of para-hydroxylation sites is 1. The van der Waals surface area contributed by atoms with E-state index < -0.39 is 0 Å². The summed E-state index contributed by atoms with van der Waals surface area (Å²) in [5, 5.41) is 6.67. The monoisotopic (exact) mass is 552 g/mol. The molecule has 4 heteroatoms. The van der Waals surface area contributed by atoms with Gasteiger partial charge in [0, 0.05) is 44.8 Å². The smallest absolute Gasteiger partial charge is 0.153 e. The molecule has 0 saturated heterocycles. The molecule has 0 saturated carbocycles. The van der Waals surface area contributed by atoms with Gasteiger partial charge in [-0.1, -0.05) is 72.8 Å². The maximum absolute atomic E-state index is 6.18. The van der Waals surface area contributed by atoms with Gasteiger partial charge in [-0.25, -0.2) is 0 Å². The van der Waals surface area contributed by atoms with E-state index in [9.17, 15) is 0 Å². The summed E-state index contributed by atoms with van der Waals surface area (Å²) >= 11 is 0. The molecule has 0 aliphatic heterocycles. The van der Waals surface area contributed by atoms with Crippen LogP contribution < -0.4 is 4.90 Å². The van der Waals surface area contributed by atoms with Crippen molar-refractivity contribution in [1.82, 2.24) is 4.98 Å². The molecule has 0 amide bonds. The van der Waals surface area contributed by atoms with Crippen LogP contribution >= 0.6 is 0 Å². The molecule has 202 valence electrons. The van der Waals surface area contributed by atoms with E-state index in [-0.39, 0.29) is 0 Å². The maximum Gasteiger partial charge on any atom is 0.153 e. The predicted molar refractivity (Wildman–Crippen MR) is 176 cm³/mol. The van der Waals surface area contributed by atoms with Crippen molar-refractivity contribution in [3.63, 3.8) is 0 Å². The number of nitrogens with zero attached hydrogens (tertiary/aromatic N) is 2. The molecule has 0 N–H and O–H groups in total. The highest BCUT2D eigenvalue weighted by Gasteiger charge is 2.18. The molecule has 4 nitrogen and oxygen atoms in total. The number of hydrogen-bond donors (Lipinski definition) is 0. The summed E-state index contributed by atoms with van der Waals surface area (Å²) in [5.41, 5.74) is 8.98. The van der Waals surface area contributed by atoms with E-state index in [4.69, 9.17) is 8.83 Å². The number of furan rings is 2. The summed E-state index contributed by atoms with van der Waals surface area (Å²) in [4.78, 5) is 6.59. The third-order valence-corrected chi connectivity index (χ3v) is 8.35. The standard InChI is InChI=1S/C39H24N2O2/c1-2-6-25(7-3-1)26-10-14-28(15-11-26)41(30-17-19-36-34(23-30)31-8-4-5-9-35(31)42-36)29-16-12-27-13-18-37-39(33(27)22-29)32-20-21-40-24-38(32)43-37/h1-24H. The Kier molecular flexibility index (Phi) is 5.16. The Morgan fingerprint density at radius 1 is 0.442 bits per heavy atom. The third kappa shape index (κ3) is 3.81. The van der Waals surface area contributed by atoms with E-state index in [1.165, 1.54) is 11.1 Å². The zero-order valence-corrected chi connectivity index (χ0v) is 23.1. The Morgan fingerprint density at radius 2 is 1.09 bits per heavy atom. The second-order valence-electron chi connectivity index (χ2n) is 10.8. The lowest BCUT2D eigenvalue weighted by Crippen LogP contribution is -2.09. The first kappa shape index (κ1) is 23.8. The Labute approximate surface area is 247 Å². The molecular formula is C39H24N2O2. The number of hydrogen-bond acceptors (Lipinski definition) is 4. The van der Waals surface area contributed by atoms with Crippen LogP contribution in [0.5, 0.6) is 0 Å². The molecule has 0 spiro atoms. The molecule has 9 rings (SSSR count). The summed E-state index contributed by atoms with van der Waals surface area (Å²) in [6.45, 7) is 0. The average molecular weight is 553 g/mol. The molecule has 0 atom stereocenters. The first-order chi connectivity index (χ1) is 21.3. The minimum absolute atomic E-state index is 0.793. The number of benzene rings is 6. The van der Waals surface area contributed by atoms with Crippen LogP contribution in [0.4, 0.5) is 17.1 Å². The van der Waals surface area contributed by atoms with Gasteiger partial charge in [-0.15, -0.1) is 0 Å². The molecule has 0 aliphatic rings. The fourth-order valence-electron chi connectivity index (χ4n) is 6.31. The Morgan fingerprint density at radius 3 is 1.98 bits per heavy atom. The lowest BCUT2D eigenvalue weighted by molar-refractivity contribution is 0.667. The number of fused-ring (bicyclic) bond motifs is 8. The van der Waals surface area contributed by atoms with Gasteiger partial charge in [-0.05, 0) is 82.6 Å². The quantitative estimate of drug-likeness (QED) is 0.218. The molecule has 0 unspecified atom stereocenters. The van der Waals surface area contributed by atoms with Crippen LogP contribution in [0.3, 0.4) is 0 Å². The largest absolute Gasteiger partial charge is 0.456 e. The summed E-state index contributed by atoms with van der Waals surface area (Å²) in [6.07, 6.45) is 3.61. The van der Waals surface area contributed by atoms with E-state index in [0.29, 0.717) is 0 Å². The highest BCUT2D eigenvalue weighted by molar-refractivity contribution is 6.19. The van der Waals surface area contributed by atoms with Gasteiger partial charge < -0.3 is 13.7 Å². The van der Waals surface area contributed by atoms with Crippen molar-refractivity contribution in [2.24, 2.45) is 0 Å². The summed E-state index contributed by atoms with van der Waals surface area (Å²) in [5.74, 6) is 0. The van der Waals surface area contributed by atoms with Crippen LogP contribution in [-0.2, 0) is 0 Å². The molecule has 0 radical (unpaired) electrons. The van der Waals surface area contributed by atoms with Crippen molar-refractivity contribution in [3.05, 3.63) is 146 Å².